The van der Waals surface area contributed by atoms with Gasteiger partial charge in [-0.25, -0.2) is 4.98 Å². The normalized spacial score (nSPS) is 12.5. The summed E-state index contributed by atoms with van der Waals surface area (Å²) in [6.45, 7) is 10.5. The average Bonchev–Trinajstić information content (AvgIpc) is 3.75. The largest absolute Gasteiger partial charge is 0.507 e. The van der Waals surface area contributed by atoms with Crippen molar-refractivity contribution in [3.05, 3.63) is 217 Å². The second-order valence-electron chi connectivity index (χ2n) is 19.4. The van der Waals surface area contributed by atoms with E-state index in [4.69, 9.17) is 14.1 Å². The van der Waals surface area contributed by atoms with E-state index in [2.05, 4.69) is 119 Å². The van der Waals surface area contributed by atoms with Gasteiger partial charge in [0.25, 0.3) is 0 Å². The average molecular weight is 1070 g/mol. The van der Waals surface area contributed by atoms with Gasteiger partial charge in [0.15, 0.2) is 0 Å². The van der Waals surface area contributed by atoms with Crippen molar-refractivity contribution >= 4 is 11.0 Å². The van der Waals surface area contributed by atoms with Gasteiger partial charge in [0, 0.05) is 48.2 Å². The Balaban J connectivity index is 0.00000624. The number of phenolic OH excluding ortho intramolecular Hbond substituents is 1. The molecule has 0 atom stereocenters. The standard InChI is InChI=1S/C63H54N3O.Pt/c1-41-33-53(45-27-18-11-19-28-45)58(40-52(41)44-25-16-10-17-26-44)66-57-30-20-29-51(59(57)65-61(66)54-38-50(62(2,3)4)39-55(60(54)67)63(5,6)7)48-34-47(43-23-14-9-15-24-43)35-49(36-48)56-37-46(31-32-64-56)42-21-12-8-13-22-42;/h8-35,37-40,67H,1-7H3;/q-1;/i1D3;. The van der Waals surface area contributed by atoms with E-state index >= 15 is 0 Å². The van der Waals surface area contributed by atoms with Crippen molar-refractivity contribution in [3.63, 3.8) is 0 Å². The Morgan fingerprint density at radius 3 is 1.71 bits per heavy atom. The first kappa shape index (κ1) is 42.2. The molecule has 0 unspecified atom stereocenters. The number of hydrogen-bond acceptors (Lipinski definition) is 3. The zero-order valence-electron chi connectivity index (χ0n) is 42.1. The van der Waals surface area contributed by atoms with Crippen molar-refractivity contribution in [2.24, 2.45) is 0 Å². The molecule has 0 saturated heterocycles. The molecule has 5 heteroatoms. The fourth-order valence-corrected chi connectivity index (χ4v) is 9.07. The molecule has 0 amide bonds. The molecule has 10 aromatic rings. The molecule has 0 aliphatic heterocycles. The first-order valence-electron chi connectivity index (χ1n) is 24.4. The van der Waals surface area contributed by atoms with E-state index in [0.717, 1.165) is 78.1 Å². The molecule has 2 aromatic heterocycles. The molecule has 0 spiro atoms. The van der Waals surface area contributed by atoms with E-state index in [0.29, 0.717) is 28.0 Å². The molecule has 0 bridgehead atoms. The van der Waals surface area contributed by atoms with Gasteiger partial charge in [-0.1, -0.05) is 204 Å². The van der Waals surface area contributed by atoms with Crippen molar-refractivity contribution in [2.75, 3.05) is 0 Å². The summed E-state index contributed by atoms with van der Waals surface area (Å²) in [6.07, 6.45) is 1.85. The van der Waals surface area contributed by atoms with Crippen LogP contribution in [0.2, 0.25) is 0 Å². The molecule has 10 rings (SSSR count). The minimum Gasteiger partial charge on any atom is -0.507 e. The van der Waals surface area contributed by atoms with Gasteiger partial charge in [-0.05, 0) is 92.5 Å². The molecular formula is C63H54N3OPt-. The van der Waals surface area contributed by atoms with Crippen LogP contribution in [0.3, 0.4) is 0 Å². The van der Waals surface area contributed by atoms with Crippen LogP contribution >= 0.6 is 0 Å². The van der Waals surface area contributed by atoms with Gasteiger partial charge >= 0.3 is 0 Å². The van der Waals surface area contributed by atoms with Gasteiger partial charge in [0.2, 0.25) is 0 Å². The van der Waals surface area contributed by atoms with Crippen LogP contribution in [0.5, 0.6) is 5.75 Å². The minimum absolute atomic E-state index is 0. The smallest absolute Gasteiger partial charge is 0.148 e. The molecule has 2 heterocycles. The van der Waals surface area contributed by atoms with Gasteiger partial charge in [-0.3, -0.25) is 9.55 Å². The summed E-state index contributed by atoms with van der Waals surface area (Å²) in [7, 11) is 0. The first-order valence-corrected chi connectivity index (χ1v) is 22.9. The summed E-state index contributed by atoms with van der Waals surface area (Å²) in [6, 6.07) is 66.7. The number of aromatic hydroxyl groups is 1. The summed E-state index contributed by atoms with van der Waals surface area (Å²) < 4.78 is 28.8. The van der Waals surface area contributed by atoms with Gasteiger partial charge in [-0.15, -0.1) is 23.8 Å². The maximum Gasteiger partial charge on any atom is 0.148 e. The topological polar surface area (TPSA) is 50.9 Å². The fourth-order valence-electron chi connectivity index (χ4n) is 9.07. The van der Waals surface area contributed by atoms with Crippen LogP contribution in [0.4, 0.5) is 0 Å². The minimum atomic E-state index is -2.44. The predicted molar refractivity (Wildman–Crippen MR) is 280 cm³/mol. The van der Waals surface area contributed by atoms with Crippen LogP contribution in [-0.4, -0.2) is 19.6 Å². The number of fused-ring (bicyclic) bond motifs is 1. The van der Waals surface area contributed by atoms with Gasteiger partial charge in [-0.2, -0.15) is 0 Å². The van der Waals surface area contributed by atoms with Crippen LogP contribution in [0.25, 0.3) is 95.0 Å². The number of imidazole rings is 1. The molecule has 0 radical (unpaired) electrons. The van der Waals surface area contributed by atoms with Gasteiger partial charge < -0.3 is 5.11 Å². The van der Waals surface area contributed by atoms with E-state index in [1.807, 2.05) is 128 Å². The van der Waals surface area contributed by atoms with Crippen molar-refractivity contribution in [1.82, 2.24) is 14.5 Å². The molecule has 338 valence electrons. The Hall–Kier alpha value is -7.13. The van der Waals surface area contributed by atoms with Crippen molar-refractivity contribution in [1.29, 1.82) is 0 Å². The van der Waals surface area contributed by atoms with Crippen LogP contribution in [0.1, 0.15) is 62.3 Å². The van der Waals surface area contributed by atoms with E-state index in [-0.39, 0.29) is 37.8 Å². The molecule has 1 N–H and O–H groups in total. The number of rotatable bonds is 8. The Labute approximate surface area is 419 Å². The maximum absolute atomic E-state index is 12.7. The Morgan fingerprint density at radius 1 is 0.515 bits per heavy atom. The van der Waals surface area contributed by atoms with Crippen molar-refractivity contribution in [2.45, 2.75) is 59.2 Å². The number of benzene rings is 8. The molecule has 0 aliphatic carbocycles. The molecular weight excluding hydrogens is 1010 g/mol. The quantitative estimate of drug-likeness (QED) is 0.154. The fraction of sp³-hybridized carbons (Fsp3) is 0.143. The third-order valence-corrected chi connectivity index (χ3v) is 12.7. The number of aromatic nitrogens is 3. The summed E-state index contributed by atoms with van der Waals surface area (Å²) in [5.41, 5.74) is 14.5. The Morgan fingerprint density at radius 2 is 1.10 bits per heavy atom. The number of aryl methyl sites for hydroxylation is 1. The van der Waals surface area contributed by atoms with Crippen LogP contribution in [0, 0.1) is 12.9 Å². The van der Waals surface area contributed by atoms with E-state index in [9.17, 15) is 5.11 Å². The van der Waals surface area contributed by atoms with E-state index in [1.54, 1.807) is 0 Å². The summed E-state index contributed by atoms with van der Waals surface area (Å²) in [5, 5.41) is 12.7. The second-order valence-corrected chi connectivity index (χ2v) is 19.4. The monoisotopic (exact) mass is 1070 g/mol. The first-order chi connectivity index (χ1) is 33.5. The number of nitrogens with zero attached hydrogens (tertiary/aromatic N) is 3. The van der Waals surface area contributed by atoms with Crippen LogP contribution in [-0.2, 0) is 31.9 Å². The SMILES string of the molecule is [2H]C([2H])([2H])c1cc(-c2ccccc2)c(-n2c(-c3cc(C(C)(C)C)cc(C(C)(C)C)c3O)nc3c(-c4[c-]c(-c5cc(-c6ccccc6)ccn5)cc(-c5ccccc5)c4)cccc32)cc1-c1ccccc1.[Pt]. The molecule has 4 nitrogen and oxygen atoms in total. The summed E-state index contributed by atoms with van der Waals surface area (Å²) in [4.78, 5) is 10.6. The Bertz CT molecular complexity index is 3540. The van der Waals surface area contributed by atoms with Crippen LogP contribution < -0.4 is 0 Å². The van der Waals surface area contributed by atoms with Gasteiger partial charge in [0.05, 0.1) is 22.3 Å². The zero-order chi connectivity index (χ0) is 49.0. The number of pyridine rings is 1. The Kier molecular flexibility index (Phi) is 11.5. The van der Waals surface area contributed by atoms with Crippen molar-refractivity contribution in [3.8, 4) is 89.7 Å². The molecule has 0 aliphatic rings. The number of phenols is 1. The molecule has 68 heavy (non-hydrogen) atoms. The van der Waals surface area contributed by atoms with E-state index in [1.165, 1.54) is 0 Å². The van der Waals surface area contributed by atoms with Crippen molar-refractivity contribution < 1.29 is 30.3 Å². The summed E-state index contributed by atoms with van der Waals surface area (Å²) >= 11 is 0. The summed E-state index contributed by atoms with van der Waals surface area (Å²) in [5.74, 6) is 0.664. The number of para-hydroxylation sites is 1. The van der Waals surface area contributed by atoms with Gasteiger partial charge in [0.1, 0.15) is 11.6 Å². The zero-order valence-corrected chi connectivity index (χ0v) is 41.4. The number of hydrogen-bond donors (Lipinski definition) is 1. The molecule has 8 aromatic carbocycles. The molecule has 0 fully saturated rings. The predicted octanol–water partition coefficient (Wildman–Crippen LogP) is 16.5. The third-order valence-electron chi connectivity index (χ3n) is 12.7. The third kappa shape index (κ3) is 8.90. The van der Waals surface area contributed by atoms with Crippen LogP contribution in [0.15, 0.2) is 194 Å². The van der Waals surface area contributed by atoms with E-state index < -0.39 is 12.3 Å². The molecule has 0 saturated carbocycles. The maximum atomic E-state index is 12.7. The second kappa shape index (κ2) is 18.5.